The van der Waals surface area contributed by atoms with E-state index in [1.54, 1.807) is 6.92 Å². The topological polar surface area (TPSA) is 41.0 Å². The molecule has 0 aliphatic carbocycles. The molecule has 0 aliphatic rings. The summed E-state index contributed by atoms with van der Waals surface area (Å²) in [6.07, 6.45) is 1.46. The van der Waals surface area contributed by atoms with Crippen molar-refractivity contribution in [3.63, 3.8) is 0 Å². The monoisotopic (exact) mass is 143 g/mol. The van der Waals surface area contributed by atoms with Crippen LogP contribution in [0.2, 0.25) is 0 Å². The van der Waals surface area contributed by atoms with Gasteiger partial charge in [0.2, 0.25) is 5.69 Å². The lowest BCUT2D eigenvalue weighted by molar-refractivity contribution is 1.19. The molecule has 0 spiro atoms. The molecule has 0 amide bonds. The molecule has 0 radical (unpaired) electrons. The molecule has 0 saturated carbocycles. The van der Waals surface area contributed by atoms with Gasteiger partial charge < -0.3 is 0 Å². The zero-order valence-electron chi connectivity index (χ0n) is 6.00. The normalized spacial score (nSPS) is 8.27. The number of rotatable bonds is 0. The van der Waals surface area contributed by atoms with E-state index in [4.69, 9.17) is 11.8 Å². The molecule has 0 N–H and O–H groups in total. The first-order valence-corrected chi connectivity index (χ1v) is 3.02. The number of aromatic nitrogens is 1. The lowest BCUT2D eigenvalue weighted by atomic mass is 10.2. The largest absolute Gasteiger partial charge is 0.272 e. The Morgan fingerprint density at radius 2 is 2.45 bits per heavy atom. The van der Waals surface area contributed by atoms with E-state index in [0.29, 0.717) is 16.9 Å². The van der Waals surface area contributed by atoms with Gasteiger partial charge in [-0.3, -0.25) is 4.98 Å². The predicted octanol–water partition coefficient (Wildman–Crippen LogP) is 1.81. The highest BCUT2D eigenvalue weighted by Gasteiger charge is 1.98. The minimum atomic E-state index is 0.409. The fourth-order valence-corrected chi connectivity index (χ4v) is 0.696. The highest BCUT2D eigenvalue weighted by molar-refractivity contribution is 5.49. The van der Waals surface area contributed by atoms with Crippen molar-refractivity contribution in [3.05, 3.63) is 34.9 Å². The Bertz CT molecular complexity index is 355. The molecule has 1 rings (SSSR count). The second-order valence-corrected chi connectivity index (χ2v) is 2.05. The van der Waals surface area contributed by atoms with Gasteiger partial charge in [0.15, 0.2) is 0 Å². The van der Waals surface area contributed by atoms with Gasteiger partial charge in [-0.15, -0.1) is 0 Å². The van der Waals surface area contributed by atoms with Crippen LogP contribution in [0.3, 0.4) is 0 Å². The molecule has 0 unspecified atom stereocenters. The third-order valence-corrected chi connectivity index (χ3v) is 1.32. The van der Waals surface area contributed by atoms with Crippen LogP contribution in [0.1, 0.15) is 11.3 Å². The van der Waals surface area contributed by atoms with Gasteiger partial charge in [0.05, 0.1) is 23.9 Å². The quantitative estimate of drug-likeness (QED) is 0.519. The summed E-state index contributed by atoms with van der Waals surface area (Å²) in [4.78, 5) is 7.04. The number of aryl methyl sites for hydroxylation is 1. The number of pyridine rings is 1. The summed E-state index contributed by atoms with van der Waals surface area (Å²) in [7, 11) is 0. The van der Waals surface area contributed by atoms with Crippen LogP contribution in [0, 0.1) is 24.8 Å². The van der Waals surface area contributed by atoms with E-state index >= 15 is 0 Å². The van der Waals surface area contributed by atoms with Crippen molar-refractivity contribution in [1.82, 2.24) is 4.98 Å². The average molecular weight is 143 g/mol. The predicted molar refractivity (Wildman–Crippen MR) is 40.0 cm³/mol. The first-order valence-electron chi connectivity index (χ1n) is 3.02. The molecule has 52 valence electrons. The maximum atomic E-state index is 8.55. The molecule has 0 saturated heterocycles. The summed E-state index contributed by atoms with van der Waals surface area (Å²) >= 11 is 0. The molecule has 0 aliphatic heterocycles. The van der Waals surface area contributed by atoms with E-state index in [-0.39, 0.29) is 0 Å². The van der Waals surface area contributed by atoms with Gasteiger partial charge in [0.25, 0.3) is 0 Å². The fourth-order valence-electron chi connectivity index (χ4n) is 0.696. The molecule has 1 heterocycles. The van der Waals surface area contributed by atoms with Crippen LogP contribution in [0.4, 0.5) is 5.69 Å². The molecule has 3 nitrogen and oxygen atoms in total. The van der Waals surface area contributed by atoms with Gasteiger partial charge in [-0.25, -0.2) is 4.85 Å². The average Bonchev–Trinajstić information content (AvgIpc) is 2.05. The maximum absolute atomic E-state index is 8.55. The zero-order chi connectivity index (χ0) is 8.27. The van der Waals surface area contributed by atoms with Crippen LogP contribution in [0.25, 0.3) is 4.85 Å². The first-order chi connectivity index (χ1) is 5.27. The lowest BCUT2D eigenvalue weighted by Crippen LogP contribution is -1.84. The number of hydrogen-bond acceptors (Lipinski definition) is 2. The van der Waals surface area contributed by atoms with E-state index in [1.807, 2.05) is 6.07 Å². The standard InChI is InChI=1S/C8H5N3/c1-6-7(4-9)3-8(10-2)5-11-6/h3,5H,1H3. The molecular formula is C8H5N3. The molecule has 0 bridgehead atoms. The second-order valence-electron chi connectivity index (χ2n) is 2.05. The van der Waals surface area contributed by atoms with Gasteiger partial charge in [-0.2, -0.15) is 5.26 Å². The minimum Gasteiger partial charge on any atom is -0.272 e. The van der Waals surface area contributed by atoms with Crippen molar-refractivity contribution < 1.29 is 0 Å². The summed E-state index contributed by atoms with van der Waals surface area (Å²) in [6, 6.07) is 3.50. The number of nitriles is 1. The molecule has 0 aromatic carbocycles. The van der Waals surface area contributed by atoms with Gasteiger partial charge in [0.1, 0.15) is 0 Å². The molecule has 1 aromatic rings. The zero-order valence-corrected chi connectivity index (χ0v) is 6.00. The molecule has 3 heteroatoms. The van der Waals surface area contributed by atoms with Crippen molar-refractivity contribution in [1.29, 1.82) is 5.26 Å². The van der Waals surface area contributed by atoms with Crippen LogP contribution in [-0.4, -0.2) is 4.98 Å². The van der Waals surface area contributed by atoms with E-state index in [2.05, 4.69) is 9.83 Å². The molecule has 1 aromatic heterocycles. The van der Waals surface area contributed by atoms with Gasteiger partial charge in [-0.1, -0.05) is 0 Å². The van der Waals surface area contributed by atoms with E-state index < -0.39 is 0 Å². The van der Waals surface area contributed by atoms with Crippen molar-refractivity contribution in [2.24, 2.45) is 0 Å². The van der Waals surface area contributed by atoms with Crippen LogP contribution in [0.15, 0.2) is 12.3 Å². The molecule has 0 atom stereocenters. The van der Waals surface area contributed by atoms with Gasteiger partial charge >= 0.3 is 0 Å². The van der Waals surface area contributed by atoms with Crippen LogP contribution in [-0.2, 0) is 0 Å². The molecular weight excluding hydrogens is 138 g/mol. The van der Waals surface area contributed by atoms with Crippen LogP contribution >= 0.6 is 0 Å². The van der Waals surface area contributed by atoms with E-state index in [9.17, 15) is 0 Å². The summed E-state index contributed by atoms with van der Waals surface area (Å²) in [6.45, 7) is 8.40. The molecule has 11 heavy (non-hydrogen) atoms. The van der Waals surface area contributed by atoms with Crippen molar-refractivity contribution in [3.8, 4) is 6.07 Å². The summed E-state index contributed by atoms with van der Waals surface area (Å²) < 4.78 is 0. The highest BCUT2D eigenvalue weighted by atomic mass is 14.7. The lowest BCUT2D eigenvalue weighted by Gasteiger charge is -1.94. The third-order valence-electron chi connectivity index (χ3n) is 1.32. The van der Waals surface area contributed by atoms with Crippen molar-refractivity contribution in [2.45, 2.75) is 6.92 Å². The summed E-state index contributed by atoms with van der Waals surface area (Å²) in [5, 5.41) is 8.55. The van der Waals surface area contributed by atoms with Crippen molar-refractivity contribution >= 4 is 5.69 Å². The van der Waals surface area contributed by atoms with E-state index in [1.165, 1.54) is 12.3 Å². The smallest absolute Gasteiger partial charge is 0.206 e. The number of nitrogens with zero attached hydrogens (tertiary/aromatic N) is 3. The Balaban J connectivity index is 3.29. The van der Waals surface area contributed by atoms with Crippen LogP contribution in [0.5, 0.6) is 0 Å². The second kappa shape index (κ2) is 2.81. The third kappa shape index (κ3) is 1.33. The highest BCUT2D eigenvalue weighted by Crippen LogP contribution is 2.13. The Morgan fingerprint density at radius 1 is 1.73 bits per heavy atom. The summed E-state index contributed by atoms with van der Waals surface area (Å²) in [5.41, 5.74) is 1.55. The number of hydrogen-bond donors (Lipinski definition) is 0. The Morgan fingerprint density at radius 3 is 3.00 bits per heavy atom. The molecule has 0 fully saturated rings. The Hall–Kier alpha value is -1.87. The Kier molecular flexibility index (Phi) is 1.85. The Labute approximate surface area is 64.7 Å². The minimum absolute atomic E-state index is 0.409. The maximum Gasteiger partial charge on any atom is 0.206 e. The first kappa shape index (κ1) is 7.24. The van der Waals surface area contributed by atoms with Crippen molar-refractivity contribution in [2.75, 3.05) is 0 Å². The van der Waals surface area contributed by atoms with Gasteiger partial charge in [-0.05, 0) is 13.0 Å². The summed E-state index contributed by atoms with van der Waals surface area (Å²) in [5.74, 6) is 0. The van der Waals surface area contributed by atoms with Gasteiger partial charge in [0, 0.05) is 6.20 Å². The van der Waals surface area contributed by atoms with E-state index in [0.717, 1.165) is 0 Å². The SMILES string of the molecule is [C-]#[N+]c1cnc(C)c(C#N)c1. The van der Waals surface area contributed by atoms with Crippen LogP contribution < -0.4 is 0 Å². The fraction of sp³-hybridized carbons (Fsp3) is 0.125.